The molecule has 1 fully saturated rings. The SMILES string of the molecule is COCCN(CC1CCCN1)C(=O)c1cscn1. The monoisotopic (exact) mass is 269 g/mol. The lowest BCUT2D eigenvalue weighted by molar-refractivity contribution is 0.0674. The fraction of sp³-hybridized carbons (Fsp3) is 0.667. The second-order valence-corrected chi connectivity index (χ2v) is 5.13. The number of ether oxygens (including phenoxy) is 1. The molecule has 18 heavy (non-hydrogen) atoms. The molecule has 2 heterocycles. The van der Waals surface area contributed by atoms with E-state index in [4.69, 9.17) is 4.74 Å². The summed E-state index contributed by atoms with van der Waals surface area (Å²) in [6, 6.07) is 0.407. The Morgan fingerprint density at radius 2 is 2.61 bits per heavy atom. The number of thiazole rings is 1. The minimum absolute atomic E-state index is 0.00185. The molecule has 1 atom stereocenters. The number of carbonyl (C=O) groups excluding carboxylic acids is 1. The molecule has 1 aliphatic heterocycles. The van der Waals surface area contributed by atoms with Gasteiger partial charge in [-0.1, -0.05) is 0 Å². The van der Waals surface area contributed by atoms with Gasteiger partial charge < -0.3 is 15.0 Å². The van der Waals surface area contributed by atoms with Crippen molar-refractivity contribution >= 4 is 17.2 Å². The minimum atomic E-state index is 0.00185. The van der Waals surface area contributed by atoms with Gasteiger partial charge in [-0.2, -0.15) is 0 Å². The summed E-state index contributed by atoms with van der Waals surface area (Å²) < 4.78 is 5.07. The molecule has 1 amide bonds. The predicted octanol–water partition coefficient (Wildman–Crippen LogP) is 0.984. The number of hydrogen-bond donors (Lipinski definition) is 1. The molecule has 1 aromatic heterocycles. The Labute approximate surface area is 111 Å². The summed E-state index contributed by atoms with van der Waals surface area (Å²) in [6.45, 7) is 2.96. The normalized spacial score (nSPS) is 19.1. The van der Waals surface area contributed by atoms with Crippen LogP contribution in [0, 0.1) is 0 Å². The van der Waals surface area contributed by atoms with E-state index in [1.807, 2.05) is 4.90 Å². The molecule has 0 aromatic carbocycles. The summed E-state index contributed by atoms with van der Waals surface area (Å²) in [5.41, 5.74) is 2.23. The third-order valence-electron chi connectivity index (χ3n) is 3.11. The molecule has 0 radical (unpaired) electrons. The number of hydrogen-bond acceptors (Lipinski definition) is 5. The predicted molar refractivity (Wildman–Crippen MR) is 70.9 cm³/mol. The van der Waals surface area contributed by atoms with Crippen molar-refractivity contribution in [3.8, 4) is 0 Å². The summed E-state index contributed by atoms with van der Waals surface area (Å²) in [6.07, 6.45) is 2.32. The molecule has 1 unspecified atom stereocenters. The lowest BCUT2D eigenvalue weighted by Crippen LogP contribution is -2.42. The van der Waals surface area contributed by atoms with Crippen LogP contribution >= 0.6 is 11.3 Å². The maximum Gasteiger partial charge on any atom is 0.273 e. The third-order valence-corrected chi connectivity index (χ3v) is 3.69. The molecule has 0 saturated carbocycles. The molecule has 1 saturated heterocycles. The van der Waals surface area contributed by atoms with Crippen molar-refractivity contribution in [3.63, 3.8) is 0 Å². The van der Waals surface area contributed by atoms with E-state index in [9.17, 15) is 4.79 Å². The van der Waals surface area contributed by atoms with Crippen molar-refractivity contribution in [3.05, 3.63) is 16.6 Å². The van der Waals surface area contributed by atoms with Gasteiger partial charge in [0, 0.05) is 31.6 Å². The van der Waals surface area contributed by atoms with Gasteiger partial charge in [-0.15, -0.1) is 11.3 Å². The number of amides is 1. The van der Waals surface area contributed by atoms with E-state index in [0.29, 0.717) is 24.9 Å². The molecule has 5 nitrogen and oxygen atoms in total. The van der Waals surface area contributed by atoms with Crippen molar-refractivity contribution in [2.24, 2.45) is 0 Å². The van der Waals surface area contributed by atoms with Crippen molar-refractivity contribution in [2.45, 2.75) is 18.9 Å². The first kappa shape index (κ1) is 13.5. The number of nitrogens with one attached hydrogen (secondary N) is 1. The highest BCUT2D eigenvalue weighted by Gasteiger charge is 2.23. The first-order valence-electron chi connectivity index (χ1n) is 6.21. The van der Waals surface area contributed by atoms with Crippen LogP contribution in [0.4, 0.5) is 0 Å². The van der Waals surface area contributed by atoms with Crippen molar-refractivity contribution < 1.29 is 9.53 Å². The zero-order valence-corrected chi connectivity index (χ0v) is 11.4. The van der Waals surface area contributed by atoms with E-state index in [1.165, 1.54) is 17.8 Å². The van der Waals surface area contributed by atoms with E-state index >= 15 is 0 Å². The quantitative estimate of drug-likeness (QED) is 0.836. The van der Waals surface area contributed by atoms with Gasteiger partial charge in [-0.25, -0.2) is 4.98 Å². The van der Waals surface area contributed by atoms with Gasteiger partial charge in [0.25, 0.3) is 5.91 Å². The van der Waals surface area contributed by atoms with E-state index in [2.05, 4.69) is 10.3 Å². The molecule has 0 bridgehead atoms. The number of aromatic nitrogens is 1. The molecule has 100 valence electrons. The van der Waals surface area contributed by atoms with Gasteiger partial charge in [0.1, 0.15) is 5.69 Å². The molecular weight excluding hydrogens is 250 g/mol. The number of methoxy groups -OCH3 is 1. The van der Waals surface area contributed by atoms with Crippen LogP contribution in [0.25, 0.3) is 0 Å². The summed E-state index contributed by atoms with van der Waals surface area (Å²) in [4.78, 5) is 18.2. The Bertz CT molecular complexity index is 363. The highest BCUT2D eigenvalue weighted by molar-refractivity contribution is 7.07. The van der Waals surface area contributed by atoms with Crippen molar-refractivity contribution in [2.75, 3.05) is 33.4 Å². The largest absolute Gasteiger partial charge is 0.383 e. The summed E-state index contributed by atoms with van der Waals surface area (Å²) in [5, 5.41) is 5.21. The zero-order chi connectivity index (χ0) is 12.8. The van der Waals surface area contributed by atoms with Gasteiger partial charge in [0.15, 0.2) is 0 Å². The number of nitrogens with zero attached hydrogens (tertiary/aromatic N) is 2. The standard InChI is InChI=1S/C12H19N3O2S/c1-17-6-5-15(7-10-3-2-4-13-10)12(16)11-8-18-9-14-11/h8-10,13H,2-7H2,1H3. The Hall–Kier alpha value is -0.980. The molecular formula is C12H19N3O2S. The topological polar surface area (TPSA) is 54.5 Å². The highest BCUT2D eigenvalue weighted by Crippen LogP contribution is 2.10. The first-order chi connectivity index (χ1) is 8.81. The van der Waals surface area contributed by atoms with Crippen LogP contribution in [-0.4, -0.2) is 55.2 Å². The summed E-state index contributed by atoms with van der Waals surface area (Å²) >= 11 is 1.45. The van der Waals surface area contributed by atoms with E-state index in [1.54, 1.807) is 18.0 Å². The van der Waals surface area contributed by atoms with Crippen LogP contribution in [0.3, 0.4) is 0 Å². The van der Waals surface area contributed by atoms with Gasteiger partial charge in [-0.05, 0) is 19.4 Å². The number of carbonyl (C=O) groups is 1. The maximum atomic E-state index is 12.3. The van der Waals surface area contributed by atoms with Gasteiger partial charge in [0.2, 0.25) is 0 Å². The van der Waals surface area contributed by atoms with Crippen LogP contribution in [0.2, 0.25) is 0 Å². The fourth-order valence-corrected chi connectivity index (χ4v) is 2.66. The first-order valence-corrected chi connectivity index (χ1v) is 7.15. The molecule has 0 aliphatic carbocycles. The van der Waals surface area contributed by atoms with Crippen molar-refractivity contribution in [1.29, 1.82) is 0 Å². The van der Waals surface area contributed by atoms with Crippen LogP contribution in [0.15, 0.2) is 10.9 Å². The highest BCUT2D eigenvalue weighted by atomic mass is 32.1. The fourth-order valence-electron chi connectivity index (χ4n) is 2.14. The lowest BCUT2D eigenvalue weighted by atomic mass is 10.2. The number of rotatable bonds is 6. The van der Waals surface area contributed by atoms with E-state index < -0.39 is 0 Å². The molecule has 1 aromatic rings. The lowest BCUT2D eigenvalue weighted by Gasteiger charge is -2.25. The average molecular weight is 269 g/mol. The van der Waals surface area contributed by atoms with E-state index in [-0.39, 0.29) is 5.91 Å². The second kappa shape index (κ2) is 6.82. The van der Waals surface area contributed by atoms with E-state index in [0.717, 1.165) is 19.5 Å². The van der Waals surface area contributed by atoms with Crippen LogP contribution < -0.4 is 5.32 Å². The molecule has 1 aliphatic rings. The Kier molecular flexibility index (Phi) is 5.10. The Morgan fingerprint density at radius 3 is 3.22 bits per heavy atom. The Morgan fingerprint density at radius 1 is 1.72 bits per heavy atom. The summed E-state index contributed by atoms with van der Waals surface area (Å²) in [5.74, 6) is 0.00185. The molecule has 6 heteroatoms. The Balaban J connectivity index is 1.96. The second-order valence-electron chi connectivity index (χ2n) is 4.41. The van der Waals surface area contributed by atoms with Crippen LogP contribution in [-0.2, 0) is 4.74 Å². The maximum absolute atomic E-state index is 12.3. The summed E-state index contributed by atoms with van der Waals surface area (Å²) in [7, 11) is 1.65. The smallest absolute Gasteiger partial charge is 0.273 e. The van der Waals surface area contributed by atoms with Gasteiger partial charge >= 0.3 is 0 Å². The third kappa shape index (κ3) is 3.51. The minimum Gasteiger partial charge on any atom is -0.383 e. The zero-order valence-electron chi connectivity index (χ0n) is 10.6. The van der Waals surface area contributed by atoms with Crippen LogP contribution in [0.1, 0.15) is 23.3 Å². The van der Waals surface area contributed by atoms with Crippen LogP contribution in [0.5, 0.6) is 0 Å². The average Bonchev–Trinajstić information content (AvgIpc) is 3.06. The molecule has 0 spiro atoms. The molecule has 2 rings (SSSR count). The van der Waals surface area contributed by atoms with Gasteiger partial charge in [-0.3, -0.25) is 4.79 Å². The van der Waals surface area contributed by atoms with Crippen molar-refractivity contribution in [1.82, 2.24) is 15.2 Å². The van der Waals surface area contributed by atoms with Gasteiger partial charge in [0.05, 0.1) is 12.1 Å². The molecule has 1 N–H and O–H groups in total.